The fraction of sp³-hybridized carbons (Fsp3) is 0. The van der Waals surface area contributed by atoms with E-state index in [1.54, 1.807) is 0 Å². The molecule has 2 radical (unpaired) electrons. The average molecular weight is 716 g/mol. The molecule has 0 heterocycles. The third-order valence-electron chi connectivity index (χ3n) is 0. The van der Waals surface area contributed by atoms with Gasteiger partial charge in [-0.15, -0.1) is 0 Å². The smallest absolute Gasteiger partial charge is 2.00 e. The fourth-order valence-corrected chi connectivity index (χ4v) is 0. The molecule has 0 saturated heterocycles. The molecule has 0 rings (SSSR count). The third-order valence-corrected chi connectivity index (χ3v) is 0. The summed E-state index contributed by atoms with van der Waals surface area (Å²) in [7, 11) is 0. The van der Waals surface area contributed by atoms with Crippen LogP contribution in [0.3, 0.4) is 0 Å². The van der Waals surface area contributed by atoms with Gasteiger partial charge >= 0.3 is 149 Å². The first-order valence-electron chi connectivity index (χ1n) is 1.84. The van der Waals surface area contributed by atoms with E-state index in [0.29, 0.717) is 0 Å². The molecule has 14 heavy (non-hydrogen) atoms. The van der Waals surface area contributed by atoms with E-state index in [0.717, 1.165) is 0 Å². The molecule has 9 nitrogen and oxygen atoms in total. The summed E-state index contributed by atoms with van der Waals surface area (Å²) in [6.07, 6.45) is 0. The van der Waals surface area contributed by atoms with Gasteiger partial charge in [-0.3, -0.25) is 0 Å². The van der Waals surface area contributed by atoms with Gasteiger partial charge in [0.15, 0.2) is 0 Å². The number of hydrogen-bond acceptors (Lipinski definition) is 9. The second-order valence-corrected chi connectivity index (χ2v) is 4.44. The maximum atomic E-state index is 8.61. The Hall–Kier alpha value is 3.61. The molecular weight excluding hydrogens is 716 g/mol. The molecule has 0 aromatic rings. The molecule has 0 aromatic carbocycles. The first-order valence-corrected chi connectivity index (χ1v) is 10.9. The van der Waals surface area contributed by atoms with E-state index in [1.807, 2.05) is 0 Å². The van der Waals surface area contributed by atoms with Crippen molar-refractivity contribution in [2.45, 2.75) is 0 Å². The zero-order valence-corrected chi connectivity index (χ0v) is 19.9. The molecule has 0 atom stereocenters. The summed E-state index contributed by atoms with van der Waals surface area (Å²) < 4.78 is 77.5. The second-order valence-electron chi connectivity index (χ2n) is 0.750. The van der Waals surface area contributed by atoms with E-state index in [-0.39, 0.29) is 53.5 Å². The van der Waals surface area contributed by atoms with Crippen LogP contribution in [0.2, 0.25) is 0 Å². The van der Waals surface area contributed by atoms with E-state index >= 15 is 0 Å². The van der Waals surface area contributed by atoms with Crippen LogP contribution in [0.25, 0.3) is 0 Å². The molecule has 0 aliphatic heterocycles. The van der Waals surface area contributed by atoms with Gasteiger partial charge in [-0.2, -0.15) is 0 Å². The summed E-state index contributed by atoms with van der Waals surface area (Å²) in [6.45, 7) is 0. The van der Waals surface area contributed by atoms with Crippen LogP contribution in [0.4, 0.5) is 0 Å². The molecule has 0 N–H and O–H groups in total. The van der Waals surface area contributed by atoms with Gasteiger partial charge in [-0.25, -0.2) is 0 Å². The van der Waals surface area contributed by atoms with Crippen LogP contribution in [0.5, 0.6) is 0 Å². The molecule has 0 fully saturated rings. The predicted molar refractivity (Wildman–Crippen MR) is 7.81 cm³/mol. The van der Waals surface area contributed by atoms with E-state index in [4.69, 9.17) is 27.5 Å². The normalized spacial score (nSPS) is 5.57. The summed E-state index contributed by atoms with van der Waals surface area (Å²) >= 11 is -12.9. The van der Waals surface area contributed by atoms with Gasteiger partial charge in [0.25, 0.3) is 0 Å². The van der Waals surface area contributed by atoms with Gasteiger partial charge < -0.3 is 0 Å². The Kier molecular flexibility index (Phi) is 55.6. The molecule has 14 heteroatoms. The van der Waals surface area contributed by atoms with Gasteiger partial charge in [0.1, 0.15) is 0 Å². The third kappa shape index (κ3) is 255. The molecule has 0 aliphatic rings. The molecule has 0 bridgehead atoms. The van der Waals surface area contributed by atoms with Gasteiger partial charge in [0.2, 0.25) is 0 Å². The second kappa shape index (κ2) is 25.5. The topological polar surface area (TPSA) is 190 Å². The van der Waals surface area contributed by atoms with Crippen molar-refractivity contribution in [3.8, 4) is 0 Å². The molecule has 0 aromatic heterocycles. The van der Waals surface area contributed by atoms with Crippen LogP contribution >= 0.6 is 0 Å². The van der Waals surface area contributed by atoms with Crippen LogP contribution in [-0.4, -0.2) is 27.3 Å². The molecular formula is O9PbZr4. The Labute approximate surface area is 146 Å². The van der Waals surface area contributed by atoms with Crippen LogP contribution in [0.15, 0.2) is 0 Å². The Balaban J connectivity index is -0.0000000270. The van der Waals surface area contributed by atoms with Gasteiger partial charge in [0.05, 0.1) is 0 Å². The molecule has 0 aliphatic carbocycles. The molecule has 0 saturated carbocycles. The summed E-state index contributed by atoms with van der Waals surface area (Å²) in [4.78, 5) is 0. The minimum absolute atomic E-state index is 0. The Morgan fingerprint density at radius 2 is 0.571 bits per heavy atom. The van der Waals surface area contributed by atoms with Crippen LogP contribution in [0, 0.1) is 0 Å². The SMILES string of the molecule is [O]=[Zr]([O-])[O-].[O]=[Zr]([O-])[O-].[O]=[Zr]([O-])[O-].[Pb+2].[Zr+4]. The number of hydrogen-bond donors (Lipinski definition) is 0. The Bertz CT molecular complexity index is 114. The zero-order chi connectivity index (χ0) is 10.7. The zero-order valence-electron chi connectivity index (χ0n) is 6.17. The van der Waals surface area contributed by atoms with Crippen LogP contribution < -0.4 is 19.1 Å². The summed E-state index contributed by atoms with van der Waals surface area (Å²) in [6, 6.07) is 0. The quantitative estimate of drug-likeness (QED) is 0.220. The van der Waals surface area contributed by atoms with Crippen molar-refractivity contribution < 1.29 is 122 Å². The van der Waals surface area contributed by atoms with Gasteiger partial charge in [-0.05, 0) is 0 Å². The summed E-state index contributed by atoms with van der Waals surface area (Å²) in [5, 5.41) is 0. The maximum Gasteiger partial charge on any atom is 4.00 e. The van der Waals surface area contributed by atoms with Crippen molar-refractivity contribution in [3.05, 3.63) is 0 Å². The number of rotatable bonds is 0. The summed E-state index contributed by atoms with van der Waals surface area (Å²) in [5.74, 6) is 0. The van der Waals surface area contributed by atoms with Gasteiger partial charge in [-0.1, -0.05) is 0 Å². The standard InChI is InChI=1S/9O.Pb.4Zr/q;;;6*-1;+2;;;;+4. The minimum atomic E-state index is -4.29. The average Bonchev–Trinajstić information content (AvgIpc) is 1.54. The van der Waals surface area contributed by atoms with Crippen molar-refractivity contribution in [1.29, 1.82) is 0 Å². The molecule has 74 valence electrons. The minimum Gasteiger partial charge on any atom is 2.00 e. The van der Waals surface area contributed by atoms with Crippen LogP contribution in [-0.2, 0) is 103 Å². The van der Waals surface area contributed by atoms with E-state index < -0.39 is 67.9 Å². The van der Waals surface area contributed by atoms with E-state index in [2.05, 4.69) is 0 Å². The Morgan fingerprint density at radius 3 is 0.571 bits per heavy atom. The molecule has 0 spiro atoms. The van der Waals surface area contributed by atoms with Crippen molar-refractivity contribution in [1.82, 2.24) is 0 Å². The van der Waals surface area contributed by atoms with Crippen molar-refractivity contribution >= 4 is 27.3 Å². The Morgan fingerprint density at radius 1 is 0.571 bits per heavy atom. The first kappa shape index (κ1) is 30.6. The largest absolute Gasteiger partial charge is 4.00 e. The van der Waals surface area contributed by atoms with Gasteiger partial charge in [0, 0.05) is 0 Å². The maximum absolute atomic E-state index is 8.61. The van der Waals surface area contributed by atoms with Crippen molar-refractivity contribution in [2.24, 2.45) is 0 Å². The van der Waals surface area contributed by atoms with Crippen molar-refractivity contribution in [2.75, 3.05) is 0 Å². The predicted octanol–water partition coefficient (Wildman–Crippen LogP) is -7.88. The van der Waals surface area contributed by atoms with E-state index in [9.17, 15) is 0 Å². The van der Waals surface area contributed by atoms with E-state index in [1.165, 1.54) is 0 Å². The monoisotopic (exact) mass is 712 g/mol. The molecule has 0 amide bonds. The van der Waals surface area contributed by atoms with Crippen molar-refractivity contribution in [3.63, 3.8) is 0 Å². The van der Waals surface area contributed by atoms with Crippen LogP contribution in [0.1, 0.15) is 0 Å². The first-order chi connectivity index (χ1) is 5.20. The summed E-state index contributed by atoms with van der Waals surface area (Å²) in [5.41, 5.74) is 0. The molecule has 0 unspecified atom stereocenters. The fourth-order valence-electron chi connectivity index (χ4n) is 0.